The van der Waals surface area contributed by atoms with Crippen LogP contribution in [0.25, 0.3) is 0 Å². The van der Waals surface area contributed by atoms with Crippen LogP contribution in [-0.4, -0.2) is 267 Å². The number of thioether (sulfide) groups is 2. The Morgan fingerprint density at radius 2 is 1.00 bits per heavy atom. The highest BCUT2D eigenvalue weighted by Crippen LogP contribution is 2.34. The van der Waals surface area contributed by atoms with Gasteiger partial charge in [-0.2, -0.15) is 23.5 Å². The van der Waals surface area contributed by atoms with Gasteiger partial charge in [0.2, 0.25) is 82.7 Å². The topological polar surface area (TPSA) is 588 Å². The van der Waals surface area contributed by atoms with Gasteiger partial charge in [-0.05, 0) is 183 Å². The summed E-state index contributed by atoms with van der Waals surface area (Å²) in [6.45, 7) is 15.7. The maximum Gasteiger partial charge on any atom is 0.303 e. The Morgan fingerprint density at radius 3 is 1.48 bits per heavy atom. The number of primary amides is 1. The monoisotopic (exact) mass is 1780 g/mol. The number of carboxylic acids is 1. The van der Waals surface area contributed by atoms with Gasteiger partial charge >= 0.3 is 5.97 Å². The van der Waals surface area contributed by atoms with Crippen LogP contribution < -0.4 is 96.1 Å². The molecule has 2 saturated carbocycles. The summed E-state index contributed by atoms with van der Waals surface area (Å²) in [7, 11) is 0. The van der Waals surface area contributed by atoms with Crippen LogP contribution >= 0.6 is 23.5 Å². The predicted molar refractivity (Wildman–Crippen MR) is 463 cm³/mol. The summed E-state index contributed by atoms with van der Waals surface area (Å²) in [6.07, 6.45) is -0.365. The molecular weight excluding hydrogens is 1650 g/mol. The smallest absolute Gasteiger partial charge is 0.303 e. The van der Waals surface area contributed by atoms with Gasteiger partial charge in [0, 0.05) is 55.6 Å². The van der Waals surface area contributed by atoms with Gasteiger partial charge < -0.3 is 122 Å². The fraction of sp³-hybridized carbons (Fsp3) is 0.750. The Kier molecular flexibility index (Phi) is 42.1. The Balaban J connectivity index is 1.28. The summed E-state index contributed by atoms with van der Waals surface area (Å²) >= 11 is 2.46. The zero-order chi connectivity index (χ0) is 91.1. The number of benzene rings is 1. The zero-order valence-electron chi connectivity index (χ0n) is 73.1. The molecule has 40 heteroatoms. The lowest BCUT2D eigenvalue weighted by Crippen LogP contribution is -2.63. The first kappa shape index (κ1) is 103. The molecule has 124 heavy (non-hydrogen) atoms. The van der Waals surface area contributed by atoms with Crippen LogP contribution in [0.3, 0.4) is 0 Å². The normalized spacial score (nSPS) is 31.4. The van der Waals surface area contributed by atoms with E-state index in [2.05, 4.69) is 90.4 Å². The SMILES string of the molecule is CCC[C@H](NC(C)=O)C(=O)N[C@H]1CSCc2cccc(c2)CSC[C@@H](C(N)=O)NC(=O)[C@H]([C@@H](C)O)NC(=O)[C@H](CCC)NC(=O)[C@H](CC2CCC(O)CC2)NC(=O)[C@H](CCC(=O)O)NC(=O)[C@H](CCC)NC(=O)[C@H](CC2CNC3NCCCC23)NC(=O)[C@H]([C@@H](C)O)NC(=O)[C@H](CC2CNCN2)NC(=O)[C@H](CC2CCC(O)CC2)NC(=O)[C@H](C(C)(C)C)NC1=O. The van der Waals surface area contributed by atoms with Crippen molar-refractivity contribution in [1.82, 2.24) is 90.4 Å². The molecule has 14 amide bonds. The zero-order valence-corrected chi connectivity index (χ0v) is 74.7. The van der Waals surface area contributed by atoms with Crippen molar-refractivity contribution in [1.29, 1.82) is 0 Å². The summed E-state index contributed by atoms with van der Waals surface area (Å²) in [5.74, 6) is -14.2. The van der Waals surface area contributed by atoms with Crippen LogP contribution in [0.5, 0.6) is 0 Å². The van der Waals surface area contributed by atoms with E-state index >= 15 is 28.8 Å². The molecule has 1 aromatic carbocycles. The molecule has 0 radical (unpaired) electrons. The number of nitrogens with one attached hydrogen (secondary N) is 17. The quantitative estimate of drug-likeness (QED) is 0.0551. The van der Waals surface area contributed by atoms with Gasteiger partial charge in [-0.3, -0.25) is 71.9 Å². The minimum atomic E-state index is -1.83. The highest BCUT2D eigenvalue weighted by Gasteiger charge is 2.45. The Morgan fingerprint density at radius 1 is 0.532 bits per heavy atom. The number of fused-ring (bicyclic) bond motifs is 3. The second-order valence-electron chi connectivity index (χ2n) is 35.3. The van der Waals surface area contributed by atoms with Crippen LogP contribution in [0.2, 0.25) is 0 Å². The lowest BCUT2D eigenvalue weighted by atomic mass is 9.82. The van der Waals surface area contributed by atoms with Crippen LogP contribution in [0.15, 0.2) is 24.3 Å². The second-order valence-corrected chi connectivity index (χ2v) is 37.4. The van der Waals surface area contributed by atoms with Crippen molar-refractivity contribution in [2.45, 2.75) is 330 Å². The maximum atomic E-state index is 15.3. The van der Waals surface area contributed by atoms with E-state index in [1.165, 1.54) is 44.3 Å². The van der Waals surface area contributed by atoms with Crippen molar-refractivity contribution < 1.29 is 97.5 Å². The molecule has 1 aromatic rings. The molecule has 0 aromatic heterocycles. The molecule has 7 rings (SSSR count). The summed E-state index contributed by atoms with van der Waals surface area (Å²) < 4.78 is 0. The number of carboxylic acid groups (broad SMARTS) is 1. The van der Waals surface area contributed by atoms with Gasteiger partial charge in [0.15, 0.2) is 0 Å². The van der Waals surface area contributed by atoms with Crippen LogP contribution in [-0.2, 0) is 83.4 Å². The van der Waals surface area contributed by atoms with E-state index in [0.29, 0.717) is 84.1 Å². The van der Waals surface area contributed by atoms with Crippen LogP contribution in [0, 0.1) is 29.1 Å². The first-order valence-electron chi connectivity index (χ1n) is 44.1. The van der Waals surface area contributed by atoms with Crippen molar-refractivity contribution >= 4 is 112 Å². The van der Waals surface area contributed by atoms with Crippen LogP contribution in [0.1, 0.15) is 215 Å². The lowest BCUT2D eigenvalue weighted by molar-refractivity contribution is -0.139. The second kappa shape index (κ2) is 50.9. The Labute approximate surface area is 734 Å². The molecule has 4 aliphatic heterocycles. The molecule has 4 unspecified atom stereocenters. The molecule has 19 atom stereocenters. The van der Waals surface area contributed by atoms with Gasteiger partial charge in [-0.1, -0.05) is 85.1 Å². The van der Waals surface area contributed by atoms with E-state index in [-0.39, 0.29) is 111 Å². The first-order chi connectivity index (χ1) is 58.8. The lowest BCUT2D eigenvalue weighted by Gasteiger charge is -2.35. The van der Waals surface area contributed by atoms with Crippen molar-refractivity contribution in [3.05, 3.63) is 35.4 Å². The minimum absolute atomic E-state index is 0.00510. The summed E-state index contributed by atoms with van der Waals surface area (Å²) in [5.41, 5.74) is 6.26. The summed E-state index contributed by atoms with van der Waals surface area (Å²) in [6, 6.07) is -12.4. The Bertz CT molecular complexity index is 3770. The molecule has 5 fully saturated rings. The molecular formula is C84H138N18O20S2. The third kappa shape index (κ3) is 33.1. The van der Waals surface area contributed by atoms with Crippen LogP contribution in [0.4, 0.5) is 0 Å². The third-order valence-corrected chi connectivity index (χ3v) is 26.1. The molecule has 4 heterocycles. The van der Waals surface area contributed by atoms with E-state index < -0.39 is 216 Å². The number of piperidine rings is 1. The van der Waals surface area contributed by atoms with Gasteiger partial charge in [0.25, 0.3) is 0 Å². The number of nitrogens with two attached hydrogens (primary N) is 1. The van der Waals surface area contributed by atoms with Gasteiger partial charge in [0.1, 0.15) is 78.5 Å². The van der Waals surface area contributed by atoms with Gasteiger partial charge in [0.05, 0.1) is 30.6 Å². The fourth-order valence-electron chi connectivity index (χ4n) is 16.9. The number of hydrogen-bond donors (Lipinski definition) is 23. The highest BCUT2D eigenvalue weighted by molar-refractivity contribution is 7.98. The third-order valence-electron chi connectivity index (χ3n) is 23.9. The summed E-state index contributed by atoms with van der Waals surface area (Å²) in [5, 5.41) is 102. The molecule has 2 aliphatic carbocycles. The van der Waals surface area contributed by atoms with Crippen molar-refractivity contribution in [3.63, 3.8) is 0 Å². The molecule has 6 aliphatic rings. The van der Waals surface area contributed by atoms with E-state index in [0.717, 1.165) is 24.0 Å². The number of aliphatic hydroxyl groups is 4. The Hall–Kier alpha value is -8.35. The number of aliphatic hydroxyl groups excluding tert-OH is 4. The molecule has 24 N–H and O–H groups in total. The number of carbonyl (C=O) groups is 15. The average Bonchev–Trinajstić information content (AvgIpc) is 1.78. The minimum Gasteiger partial charge on any atom is -0.481 e. The molecule has 3 saturated heterocycles. The van der Waals surface area contributed by atoms with Crippen molar-refractivity contribution in [2.24, 2.45) is 34.8 Å². The molecule has 38 nitrogen and oxygen atoms in total. The summed E-state index contributed by atoms with van der Waals surface area (Å²) in [4.78, 5) is 217. The fourth-order valence-corrected chi connectivity index (χ4v) is 18.9. The van der Waals surface area contributed by atoms with Crippen molar-refractivity contribution in [3.8, 4) is 0 Å². The molecule has 2 bridgehead atoms. The molecule has 696 valence electrons. The number of rotatable bonds is 23. The van der Waals surface area contributed by atoms with E-state index in [9.17, 15) is 68.7 Å². The maximum absolute atomic E-state index is 15.3. The van der Waals surface area contributed by atoms with Gasteiger partial charge in [-0.15, -0.1) is 0 Å². The number of aliphatic carboxylic acids is 1. The molecule has 0 spiro atoms. The largest absolute Gasteiger partial charge is 0.481 e. The van der Waals surface area contributed by atoms with E-state index in [1.54, 1.807) is 40.7 Å². The predicted octanol–water partition coefficient (Wildman–Crippen LogP) is -2.23. The first-order valence-corrected chi connectivity index (χ1v) is 46.4. The highest BCUT2D eigenvalue weighted by atomic mass is 32.2. The number of hydrogen-bond acceptors (Lipinski definition) is 25. The van der Waals surface area contributed by atoms with E-state index in [1.807, 2.05) is 25.1 Å². The van der Waals surface area contributed by atoms with Gasteiger partial charge in [-0.25, -0.2) is 0 Å². The number of carbonyl (C=O) groups excluding carboxylic acids is 14. The van der Waals surface area contributed by atoms with E-state index in [4.69, 9.17) is 5.73 Å². The van der Waals surface area contributed by atoms with Crippen molar-refractivity contribution in [2.75, 3.05) is 37.8 Å². The average molecular weight is 1780 g/mol. The standard InChI is InChI=1S/C84H138N18O20S2/c1-10-15-56(90-46(6)105)72(111)99-65-42-124-40-50-19-13-18-49(32-50)39-123-41-64(70(85)110)98-82(121)68(45(5)104)100-75(114)58(17-12-3)92-76(115)60(33-47-21-25-53(106)26-22-47)94-74(113)59(29-30-66(108)109)93-73(112)57(16-11-2)91-78(117)62(35-51-37-88-71-55(51)20-14-31-87-71)96-81(120)67(44(4)103)101-79(118)63(36-52-38-86-43-89-52)95-77(116)61(34-48-23-27-54(107)28-24-48)97-83(122)69(84(7,8)9)102-80(65)119/h13,18-19,32,44-45,47-48,51-65,67-69,71,86-89,103-104,106-107H,10-12,14-17,20-31,33-43H2,1-9H3,(H2,85,110)(H,90,105)(H,91,117)(H,92,115)(H,93,112)(H,94,113)(H,95,116)(H,96,120)(H,97,122)(H,98,121)(H,99,111)(H,100,114)(H,101,118)(H,102,119)(H,108,109)/t44-,45-,47?,48?,51?,52?,53?,54?,55?,56+,57+,58+,59+,60+,61+,62+,63+,64+,65+,67+,68+,69-,71?/m1/s1. The number of amides is 14.